The maximum absolute atomic E-state index is 5.80. The highest BCUT2D eigenvalue weighted by atomic mass is 15.2. The number of anilines is 2. The molecule has 74 valence electrons. The summed E-state index contributed by atoms with van der Waals surface area (Å²) < 4.78 is 0. The summed E-state index contributed by atoms with van der Waals surface area (Å²) in [6.45, 7) is 4.04. The number of nitrogens with two attached hydrogens (primary N) is 1. The minimum Gasteiger partial charge on any atom is -0.394 e. The highest BCUT2D eigenvalue weighted by Gasteiger charge is 2.13. The van der Waals surface area contributed by atoms with Crippen LogP contribution in [0.25, 0.3) is 0 Å². The Kier molecular flexibility index (Phi) is 2.35. The summed E-state index contributed by atoms with van der Waals surface area (Å²) in [6.07, 6.45) is 6.48. The van der Waals surface area contributed by atoms with Gasteiger partial charge in [0.2, 0.25) is 0 Å². The van der Waals surface area contributed by atoms with Gasteiger partial charge in [0.05, 0.1) is 11.9 Å². The van der Waals surface area contributed by atoms with E-state index in [-0.39, 0.29) is 0 Å². The Bertz CT molecular complexity index is 359. The lowest BCUT2D eigenvalue weighted by Gasteiger charge is -2.27. The van der Waals surface area contributed by atoms with Gasteiger partial charge in [-0.3, -0.25) is 0 Å². The fraction of sp³-hybridized carbons (Fsp3) is 0.400. The Morgan fingerprint density at radius 1 is 1.50 bits per heavy atom. The molecular weight excluding hydrogens is 176 g/mol. The third kappa shape index (κ3) is 1.69. The van der Waals surface area contributed by atoms with Crippen molar-refractivity contribution in [2.75, 3.05) is 23.7 Å². The van der Waals surface area contributed by atoms with Crippen LogP contribution < -0.4 is 10.6 Å². The third-order valence-electron chi connectivity index (χ3n) is 2.45. The zero-order valence-corrected chi connectivity index (χ0v) is 8.27. The largest absolute Gasteiger partial charge is 0.394 e. The van der Waals surface area contributed by atoms with Crippen molar-refractivity contribution >= 4 is 11.5 Å². The molecule has 1 aromatic rings. The van der Waals surface area contributed by atoms with Crippen LogP contribution in [0, 0.1) is 0 Å². The summed E-state index contributed by atoms with van der Waals surface area (Å²) in [6, 6.07) is 0. The molecule has 1 aliphatic rings. The number of aromatic nitrogens is 2. The van der Waals surface area contributed by atoms with E-state index in [0.29, 0.717) is 5.69 Å². The van der Waals surface area contributed by atoms with E-state index >= 15 is 0 Å². The third-order valence-corrected chi connectivity index (χ3v) is 2.45. The van der Waals surface area contributed by atoms with Crippen LogP contribution in [0.3, 0.4) is 0 Å². The van der Waals surface area contributed by atoms with E-state index in [1.165, 1.54) is 11.9 Å². The molecule has 1 aromatic heterocycles. The number of rotatable bonds is 1. The minimum atomic E-state index is 0.653. The number of hydrogen-bond acceptors (Lipinski definition) is 4. The van der Waals surface area contributed by atoms with Crippen LogP contribution >= 0.6 is 0 Å². The lowest BCUT2D eigenvalue weighted by molar-refractivity contribution is 0.775. The molecule has 0 spiro atoms. The second kappa shape index (κ2) is 3.65. The van der Waals surface area contributed by atoms with Crippen LogP contribution in [-0.2, 0) is 0 Å². The van der Waals surface area contributed by atoms with Gasteiger partial charge >= 0.3 is 0 Å². The Balaban J connectivity index is 2.21. The highest BCUT2D eigenvalue weighted by molar-refractivity contribution is 5.61. The Hall–Kier alpha value is -1.58. The first-order valence-electron chi connectivity index (χ1n) is 4.73. The zero-order chi connectivity index (χ0) is 9.97. The molecule has 0 unspecified atom stereocenters. The van der Waals surface area contributed by atoms with Crippen molar-refractivity contribution in [2.24, 2.45) is 0 Å². The molecule has 0 amide bonds. The summed E-state index contributed by atoms with van der Waals surface area (Å²) in [4.78, 5) is 10.2. The van der Waals surface area contributed by atoms with Crippen molar-refractivity contribution < 1.29 is 0 Å². The molecule has 0 aliphatic carbocycles. The lowest BCUT2D eigenvalue weighted by atomic mass is 10.1. The lowest BCUT2D eigenvalue weighted by Crippen LogP contribution is -2.29. The predicted octanol–water partition coefficient (Wildman–Crippen LogP) is 1.22. The van der Waals surface area contributed by atoms with Crippen LogP contribution in [0.4, 0.5) is 11.5 Å². The molecule has 0 saturated carbocycles. The molecule has 0 atom stereocenters. The standard InChI is InChI=1S/C10H14N4/c1-8-2-4-14(5-3-8)10-9(11)6-12-7-13-10/h2,6-7H,3-5,11H2,1H3. The van der Waals surface area contributed by atoms with Crippen molar-refractivity contribution in [3.05, 3.63) is 24.2 Å². The second-order valence-electron chi connectivity index (χ2n) is 3.55. The van der Waals surface area contributed by atoms with Gasteiger partial charge in [-0.1, -0.05) is 11.6 Å². The first-order chi connectivity index (χ1) is 6.77. The van der Waals surface area contributed by atoms with E-state index in [0.717, 1.165) is 25.3 Å². The number of hydrogen-bond donors (Lipinski definition) is 1. The molecule has 2 N–H and O–H groups in total. The van der Waals surface area contributed by atoms with Gasteiger partial charge in [-0.15, -0.1) is 0 Å². The Morgan fingerprint density at radius 3 is 3.00 bits per heavy atom. The molecule has 0 aromatic carbocycles. The van der Waals surface area contributed by atoms with Crippen LogP contribution in [0.2, 0.25) is 0 Å². The summed E-state index contributed by atoms with van der Waals surface area (Å²) >= 11 is 0. The average Bonchev–Trinajstić information content (AvgIpc) is 2.20. The van der Waals surface area contributed by atoms with Gasteiger partial charge < -0.3 is 10.6 Å². The number of nitrogens with zero attached hydrogens (tertiary/aromatic N) is 3. The van der Waals surface area contributed by atoms with Gasteiger partial charge in [0.15, 0.2) is 5.82 Å². The van der Waals surface area contributed by atoms with Gasteiger partial charge in [0.25, 0.3) is 0 Å². The molecule has 4 nitrogen and oxygen atoms in total. The van der Waals surface area contributed by atoms with Gasteiger partial charge in [0, 0.05) is 13.1 Å². The van der Waals surface area contributed by atoms with Gasteiger partial charge in [-0.2, -0.15) is 0 Å². The average molecular weight is 190 g/mol. The maximum atomic E-state index is 5.80. The van der Waals surface area contributed by atoms with Crippen molar-refractivity contribution in [3.8, 4) is 0 Å². The van der Waals surface area contributed by atoms with Crippen molar-refractivity contribution in [1.82, 2.24) is 9.97 Å². The highest BCUT2D eigenvalue weighted by Crippen LogP contribution is 2.21. The molecular formula is C10H14N4. The van der Waals surface area contributed by atoms with Crippen LogP contribution in [0.1, 0.15) is 13.3 Å². The zero-order valence-electron chi connectivity index (χ0n) is 8.27. The normalized spacial score (nSPS) is 16.6. The minimum absolute atomic E-state index is 0.653. The van der Waals surface area contributed by atoms with E-state index in [1.54, 1.807) is 6.20 Å². The molecule has 2 rings (SSSR count). The first kappa shape index (κ1) is 8.99. The summed E-state index contributed by atoms with van der Waals surface area (Å²) in [7, 11) is 0. The predicted molar refractivity (Wildman–Crippen MR) is 57.0 cm³/mol. The molecule has 2 heterocycles. The number of nitrogen functional groups attached to an aromatic ring is 1. The van der Waals surface area contributed by atoms with Crippen LogP contribution in [0.15, 0.2) is 24.2 Å². The molecule has 1 aliphatic heterocycles. The van der Waals surface area contributed by atoms with Crippen LogP contribution in [0.5, 0.6) is 0 Å². The fourth-order valence-electron chi connectivity index (χ4n) is 1.56. The Labute approximate surface area is 83.5 Å². The smallest absolute Gasteiger partial charge is 0.155 e. The van der Waals surface area contributed by atoms with Crippen LogP contribution in [-0.4, -0.2) is 23.1 Å². The van der Waals surface area contributed by atoms with Gasteiger partial charge in [-0.25, -0.2) is 9.97 Å². The maximum Gasteiger partial charge on any atom is 0.155 e. The summed E-state index contributed by atoms with van der Waals surface area (Å²) in [5.41, 5.74) is 7.89. The van der Waals surface area contributed by atoms with E-state index in [4.69, 9.17) is 5.73 Å². The van der Waals surface area contributed by atoms with Crippen molar-refractivity contribution in [1.29, 1.82) is 0 Å². The van der Waals surface area contributed by atoms with E-state index in [9.17, 15) is 0 Å². The summed E-state index contributed by atoms with van der Waals surface area (Å²) in [5, 5.41) is 0. The van der Waals surface area contributed by atoms with Gasteiger partial charge in [-0.05, 0) is 13.3 Å². The molecule has 0 saturated heterocycles. The molecule has 4 heteroatoms. The first-order valence-corrected chi connectivity index (χ1v) is 4.73. The van der Waals surface area contributed by atoms with Crippen molar-refractivity contribution in [2.45, 2.75) is 13.3 Å². The van der Waals surface area contributed by atoms with Crippen molar-refractivity contribution in [3.63, 3.8) is 0 Å². The van der Waals surface area contributed by atoms with E-state index < -0.39 is 0 Å². The molecule has 0 bridgehead atoms. The van der Waals surface area contributed by atoms with Gasteiger partial charge in [0.1, 0.15) is 6.33 Å². The summed E-state index contributed by atoms with van der Waals surface area (Å²) in [5.74, 6) is 0.851. The Morgan fingerprint density at radius 2 is 2.36 bits per heavy atom. The topological polar surface area (TPSA) is 55.0 Å². The molecule has 14 heavy (non-hydrogen) atoms. The monoisotopic (exact) mass is 190 g/mol. The van der Waals surface area contributed by atoms with E-state index in [2.05, 4.69) is 27.9 Å². The molecule has 0 radical (unpaired) electrons. The second-order valence-corrected chi connectivity index (χ2v) is 3.55. The molecule has 0 fully saturated rings. The quantitative estimate of drug-likeness (QED) is 0.676. The van der Waals surface area contributed by atoms with E-state index in [1.807, 2.05) is 0 Å². The fourth-order valence-corrected chi connectivity index (χ4v) is 1.56. The SMILES string of the molecule is CC1=CCN(c2ncncc2N)CC1.